The number of hydrogen-bond acceptors (Lipinski definition) is 3. The van der Waals surface area contributed by atoms with Gasteiger partial charge in [-0.1, -0.05) is 18.2 Å². The molecule has 0 radical (unpaired) electrons. The molecule has 0 atom stereocenters. The Morgan fingerprint density at radius 1 is 1.24 bits per heavy atom. The molecule has 5 heteroatoms. The molecule has 0 saturated heterocycles. The van der Waals surface area contributed by atoms with E-state index in [0.717, 1.165) is 27.6 Å². The van der Waals surface area contributed by atoms with Gasteiger partial charge in [0.15, 0.2) is 12.0 Å². The second-order valence-corrected chi connectivity index (χ2v) is 5.49. The monoisotopic (exact) mass is 344 g/mol. The molecule has 0 aliphatic rings. The number of nitrogens with zero attached hydrogens (tertiary/aromatic N) is 1. The summed E-state index contributed by atoms with van der Waals surface area (Å²) in [5, 5.41) is 2.91. The fourth-order valence-corrected chi connectivity index (χ4v) is 2.58. The Morgan fingerprint density at radius 3 is 2.95 bits per heavy atom. The topological polar surface area (TPSA) is 55.1 Å². The molecule has 3 rings (SSSR count). The first-order chi connectivity index (χ1) is 10.2. The van der Waals surface area contributed by atoms with Crippen LogP contribution in [-0.2, 0) is 6.42 Å². The third-order valence-corrected chi connectivity index (χ3v) is 3.90. The number of amides is 1. The smallest absolute Gasteiger partial charge is 0.252 e. The molecule has 0 aliphatic carbocycles. The number of nitrogens with one attached hydrogen (secondary N) is 1. The normalized spacial score (nSPS) is 10.7. The average molecular weight is 345 g/mol. The van der Waals surface area contributed by atoms with Crippen LogP contribution in [0.1, 0.15) is 15.9 Å². The van der Waals surface area contributed by atoms with E-state index in [4.69, 9.17) is 4.42 Å². The van der Waals surface area contributed by atoms with E-state index in [0.29, 0.717) is 12.1 Å². The van der Waals surface area contributed by atoms with Gasteiger partial charge in [0.05, 0.1) is 5.56 Å². The van der Waals surface area contributed by atoms with Gasteiger partial charge in [-0.25, -0.2) is 4.98 Å². The second-order valence-electron chi connectivity index (χ2n) is 4.64. The number of hydrogen-bond donors (Lipinski definition) is 1. The Morgan fingerprint density at radius 2 is 2.10 bits per heavy atom. The fourth-order valence-electron chi connectivity index (χ4n) is 2.12. The van der Waals surface area contributed by atoms with Crippen LogP contribution in [0.4, 0.5) is 0 Å². The molecule has 0 unspecified atom stereocenters. The summed E-state index contributed by atoms with van der Waals surface area (Å²) in [6, 6.07) is 13.2. The van der Waals surface area contributed by atoms with Crippen LogP contribution in [0.3, 0.4) is 0 Å². The van der Waals surface area contributed by atoms with Gasteiger partial charge in [0, 0.05) is 11.0 Å². The molecule has 1 N–H and O–H groups in total. The quantitative estimate of drug-likeness (QED) is 0.787. The van der Waals surface area contributed by atoms with Crippen molar-refractivity contribution in [3.63, 3.8) is 0 Å². The van der Waals surface area contributed by atoms with Crippen molar-refractivity contribution < 1.29 is 9.21 Å². The molecular formula is C16H13BrN2O2. The zero-order valence-corrected chi connectivity index (χ0v) is 12.8. The van der Waals surface area contributed by atoms with Gasteiger partial charge in [-0.2, -0.15) is 0 Å². The molecule has 3 aromatic rings. The summed E-state index contributed by atoms with van der Waals surface area (Å²) < 4.78 is 6.06. The van der Waals surface area contributed by atoms with Gasteiger partial charge in [-0.15, -0.1) is 0 Å². The van der Waals surface area contributed by atoms with Gasteiger partial charge in [-0.3, -0.25) is 4.79 Å². The van der Waals surface area contributed by atoms with Gasteiger partial charge in [0.2, 0.25) is 0 Å². The van der Waals surface area contributed by atoms with E-state index in [-0.39, 0.29) is 5.91 Å². The molecule has 0 spiro atoms. The Bertz CT molecular complexity index is 783. The molecule has 106 valence electrons. The van der Waals surface area contributed by atoms with Crippen LogP contribution in [0, 0.1) is 0 Å². The van der Waals surface area contributed by atoms with Gasteiger partial charge in [-0.05, 0) is 52.2 Å². The summed E-state index contributed by atoms with van der Waals surface area (Å²) in [7, 11) is 0. The van der Waals surface area contributed by atoms with Crippen LogP contribution in [-0.4, -0.2) is 17.4 Å². The van der Waals surface area contributed by atoms with Crippen LogP contribution >= 0.6 is 15.9 Å². The number of carbonyl (C=O) groups is 1. The molecule has 2 aromatic carbocycles. The van der Waals surface area contributed by atoms with Crippen LogP contribution in [0.5, 0.6) is 0 Å². The maximum atomic E-state index is 12.1. The summed E-state index contributed by atoms with van der Waals surface area (Å²) in [6.45, 7) is 0.569. The minimum atomic E-state index is -0.0804. The van der Waals surface area contributed by atoms with Crippen molar-refractivity contribution in [2.24, 2.45) is 0 Å². The lowest BCUT2D eigenvalue weighted by Gasteiger charge is -2.06. The standard InChI is InChI=1S/C16H13BrN2O2/c17-13-4-2-1-3-12(13)16(20)18-8-7-11-5-6-14-15(9-11)21-10-19-14/h1-6,9-10H,7-8H2,(H,18,20). The zero-order chi connectivity index (χ0) is 14.7. The van der Waals surface area contributed by atoms with Crippen molar-refractivity contribution >= 4 is 32.9 Å². The van der Waals surface area contributed by atoms with E-state index in [1.54, 1.807) is 6.07 Å². The van der Waals surface area contributed by atoms with Crippen molar-refractivity contribution in [2.45, 2.75) is 6.42 Å². The summed E-state index contributed by atoms with van der Waals surface area (Å²) >= 11 is 3.38. The summed E-state index contributed by atoms with van der Waals surface area (Å²) in [6.07, 6.45) is 2.18. The Hall–Kier alpha value is -2.14. The lowest BCUT2D eigenvalue weighted by molar-refractivity contribution is 0.0953. The van der Waals surface area contributed by atoms with Crippen molar-refractivity contribution in [1.82, 2.24) is 10.3 Å². The first-order valence-corrected chi connectivity index (χ1v) is 7.38. The van der Waals surface area contributed by atoms with Gasteiger partial charge >= 0.3 is 0 Å². The Kier molecular flexibility index (Phi) is 4.01. The highest BCUT2D eigenvalue weighted by atomic mass is 79.9. The van der Waals surface area contributed by atoms with E-state index in [1.807, 2.05) is 36.4 Å². The van der Waals surface area contributed by atoms with Crippen LogP contribution < -0.4 is 5.32 Å². The lowest BCUT2D eigenvalue weighted by Crippen LogP contribution is -2.25. The number of halogens is 1. The molecular weight excluding hydrogens is 332 g/mol. The van der Waals surface area contributed by atoms with Crippen molar-refractivity contribution in [3.05, 3.63) is 64.5 Å². The maximum absolute atomic E-state index is 12.1. The van der Waals surface area contributed by atoms with Crippen LogP contribution in [0.2, 0.25) is 0 Å². The van der Waals surface area contributed by atoms with Crippen LogP contribution in [0.25, 0.3) is 11.1 Å². The fraction of sp³-hybridized carbons (Fsp3) is 0.125. The Labute approximate surface area is 130 Å². The second kappa shape index (κ2) is 6.10. The van der Waals surface area contributed by atoms with Crippen molar-refractivity contribution in [3.8, 4) is 0 Å². The molecule has 21 heavy (non-hydrogen) atoms. The minimum Gasteiger partial charge on any atom is -0.443 e. The van der Waals surface area contributed by atoms with Crippen molar-refractivity contribution in [2.75, 3.05) is 6.54 Å². The SMILES string of the molecule is O=C(NCCc1ccc2ncoc2c1)c1ccccc1Br. The molecule has 0 fully saturated rings. The third-order valence-electron chi connectivity index (χ3n) is 3.21. The molecule has 0 aliphatic heterocycles. The molecule has 1 amide bonds. The predicted molar refractivity (Wildman–Crippen MR) is 84.2 cm³/mol. The average Bonchev–Trinajstić information content (AvgIpc) is 2.95. The summed E-state index contributed by atoms with van der Waals surface area (Å²) in [5.74, 6) is -0.0804. The van der Waals surface area contributed by atoms with E-state index >= 15 is 0 Å². The highest BCUT2D eigenvalue weighted by Gasteiger charge is 2.08. The number of fused-ring (bicyclic) bond motifs is 1. The summed E-state index contributed by atoms with van der Waals surface area (Å²) in [4.78, 5) is 16.1. The van der Waals surface area contributed by atoms with E-state index < -0.39 is 0 Å². The van der Waals surface area contributed by atoms with Crippen LogP contribution in [0.15, 0.2) is 57.7 Å². The maximum Gasteiger partial charge on any atom is 0.252 e. The van der Waals surface area contributed by atoms with E-state index in [9.17, 15) is 4.79 Å². The highest BCUT2D eigenvalue weighted by molar-refractivity contribution is 9.10. The number of oxazole rings is 1. The minimum absolute atomic E-state index is 0.0804. The number of rotatable bonds is 4. The third kappa shape index (κ3) is 3.13. The predicted octanol–water partition coefficient (Wildman–Crippen LogP) is 3.56. The van der Waals surface area contributed by atoms with Gasteiger partial charge in [0.1, 0.15) is 5.52 Å². The Balaban J connectivity index is 1.60. The van der Waals surface area contributed by atoms with E-state index in [1.165, 1.54) is 6.39 Å². The number of benzene rings is 2. The molecule has 0 saturated carbocycles. The number of aromatic nitrogens is 1. The molecule has 1 aromatic heterocycles. The first kappa shape index (κ1) is 13.8. The highest BCUT2D eigenvalue weighted by Crippen LogP contribution is 2.16. The van der Waals surface area contributed by atoms with Crippen molar-refractivity contribution in [1.29, 1.82) is 0 Å². The molecule has 0 bridgehead atoms. The lowest BCUT2D eigenvalue weighted by atomic mass is 10.1. The summed E-state index contributed by atoms with van der Waals surface area (Å²) in [5.41, 5.74) is 3.36. The first-order valence-electron chi connectivity index (χ1n) is 6.59. The van der Waals surface area contributed by atoms with Gasteiger partial charge < -0.3 is 9.73 Å². The van der Waals surface area contributed by atoms with Gasteiger partial charge in [0.25, 0.3) is 5.91 Å². The zero-order valence-electron chi connectivity index (χ0n) is 11.2. The largest absolute Gasteiger partial charge is 0.443 e. The van der Waals surface area contributed by atoms with E-state index in [2.05, 4.69) is 26.2 Å². The molecule has 4 nitrogen and oxygen atoms in total. The molecule has 1 heterocycles. The number of carbonyl (C=O) groups excluding carboxylic acids is 1.